The van der Waals surface area contributed by atoms with Gasteiger partial charge >= 0.3 is 0 Å². The van der Waals surface area contributed by atoms with E-state index in [1.54, 1.807) is 29.2 Å². The minimum Gasteiger partial charge on any atom is -0.378 e. The van der Waals surface area contributed by atoms with Gasteiger partial charge in [0.05, 0.1) is 30.2 Å². The second-order valence-electron chi connectivity index (χ2n) is 5.90. The number of para-hydroxylation sites is 1. The molecular formula is C18H19FN2O4S. The Kier molecular flexibility index (Phi) is 5.53. The fourth-order valence-electron chi connectivity index (χ4n) is 2.72. The van der Waals surface area contributed by atoms with Crippen LogP contribution in [0.15, 0.2) is 48.5 Å². The van der Waals surface area contributed by atoms with E-state index >= 15 is 0 Å². The van der Waals surface area contributed by atoms with Crippen LogP contribution in [0, 0.1) is 5.82 Å². The lowest BCUT2D eigenvalue weighted by molar-refractivity contribution is 0.0303. The summed E-state index contributed by atoms with van der Waals surface area (Å²) in [6.07, 6.45) is 0. The summed E-state index contributed by atoms with van der Waals surface area (Å²) in [7, 11) is -3.88. The maximum atomic E-state index is 13.7. The molecule has 1 amide bonds. The molecule has 26 heavy (non-hydrogen) atoms. The molecule has 6 nitrogen and oxygen atoms in total. The van der Waals surface area contributed by atoms with Crippen molar-refractivity contribution in [2.45, 2.75) is 5.75 Å². The molecule has 1 N–H and O–H groups in total. The van der Waals surface area contributed by atoms with Crippen molar-refractivity contribution < 1.29 is 22.3 Å². The molecule has 138 valence electrons. The van der Waals surface area contributed by atoms with Gasteiger partial charge in [-0.2, -0.15) is 0 Å². The average Bonchev–Trinajstić information content (AvgIpc) is 2.64. The third-order valence-electron chi connectivity index (χ3n) is 4.02. The number of anilines is 1. The second kappa shape index (κ2) is 7.84. The molecule has 1 fully saturated rings. The minimum absolute atomic E-state index is 0.0667. The van der Waals surface area contributed by atoms with E-state index in [0.717, 1.165) is 0 Å². The third-order valence-corrected chi connectivity index (χ3v) is 5.25. The number of nitrogens with zero attached hydrogens (tertiary/aromatic N) is 1. The van der Waals surface area contributed by atoms with Crippen LogP contribution in [0.1, 0.15) is 15.9 Å². The van der Waals surface area contributed by atoms with Gasteiger partial charge in [-0.25, -0.2) is 12.8 Å². The predicted octanol–water partition coefficient (Wildman–Crippen LogP) is 2.24. The van der Waals surface area contributed by atoms with E-state index < -0.39 is 21.6 Å². The van der Waals surface area contributed by atoms with Crippen molar-refractivity contribution in [3.63, 3.8) is 0 Å². The smallest absolute Gasteiger partial charge is 0.256 e. The molecule has 1 heterocycles. The van der Waals surface area contributed by atoms with Crippen molar-refractivity contribution in [1.29, 1.82) is 0 Å². The van der Waals surface area contributed by atoms with Crippen molar-refractivity contribution in [2.24, 2.45) is 0 Å². The molecule has 1 saturated heterocycles. The number of hydrogen-bond donors (Lipinski definition) is 1. The van der Waals surface area contributed by atoms with E-state index in [4.69, 9.17) is 4.74 Å². The lowest BCUT2D eigenvalue weighted by Gasteiger charge is -2.27. The first-order valence-corrected chi connectivity index (χ1v) is 9.81. The molecular weight excluding hydrogens is 359 g/mol. The highest BCUT2D eigenvalue weighted by atomic mass is 32.2. The SMILES string of the molecule is O=C(c1ccccc1NS(=O)(=O)Cc1ccccc1F)N1CCOCC1. The zero-order valence-corrected chi connectivity index (χ0v) is 14.8. The number of ether oxygens (including phenoxy) is 1. The van der Waals surface area contributed by atoms with Gasteiger partial charge in [0.15, 0.2) is 0 Å². The van der Waals surface area contributed by atoms with Crippen LogP contribution in [0.25, 0.3) is 0 Å². The van der Waals surface area contributed by atoms with Crippen LogP contribution in [0.4, 0.5) is 10.1 Å². The number of carbonyl (C=O) groups is 1. The molecule has 0 aliphatic carbocycles. The van der Waals surface area contributed by atoms with E-state index in [0.29, 0.717) is 26.3 Å². The highest BCUT2D eigenvalue weighted by Crippen LogP contribution is 2.21. The predicted molar refractivity (Wildman–Crippen MR) is 95.8 cm³/mol. The zero-order valence-electron chi connectivity index (χ0n) is 14.0. The molecule has 0 unspecified atom stereocenters. The molecule has 0 bridgehead atoms. The van der Waals surface area contributed by atoms with Crippen molar-refractivity contribution in [3.8, 4) is 0 Å². The zero-order chi connectivity index (χ0) is 18.6. The first-order valence-electron chi connectivity index (χ1n) is 8.16. The highest BCUT2D eigenvalue weighted by Gasteiger charge is 2.23. The van der Waals surface area contributed by atoms with Gasteiger partial charge in [-0.3, -0.25) is 9.52 Å². The Morgan fingerprint density at radius 3 is 2.46 bits per heavy atom. The Bertz CT molecular complexity index is 896. The van der Waals surface area contributed by atoms with E-state index in [1.807, 2.05) is 0 Å². The van der Waals surface area contributed by atoms with Crippen LogP contribution in [-0.4, -0.2) is 45.5 Å². The van der Waals surface area contributed by atoms with Crippen LogP contribution in [-0.2, 0) is 20.5 Å². The van der Waals surface area contributed by atoms with E-state index in [-0.39, 0.29) is 22.7 Å². The quantitative estimate of drug-likeness (QED) is 0.866. The molecule has 0 saturated carbocycles. The van der Waals surface area contributed by atoms with Gasteiger partial charge in [-0.1, -0.05) is 30.3 Å². The second-order valence-corrected chi connectivity index (χ2v) is 7.63. The molecule has 1 aliphatic rings. The molecule has 2 aromatic rings. The van der Waals surface area contributed by atoms with Gasteiger partial charge < -0.3 is 9.64 Å². The van der Waals surface area contributed by atoms with Gasteiger partial charge in [-0.15, -0.1) is 0 Å². The summed E-state index contributed by atoms with van der Waals surface area (Å²) in [4.78, 5) is 14.3. The van der Waals surface area contributed by atoms with Gasteiger partial charge in [0.25, 0.3) is 5.91 Å². The first kappa shape index (κ1) is 18.3. The summed E-state index contributed by atoms with van der Waals surface area (Å²) in [5.41, 5.74) is 0.504. The van der Waals surface area contributed by atoms with Gasteiger partial charge in [0.1, 0.15) is 5.82 Å². The number of benzene rings is 2. The number of carbonyl (C=O) groups excluding carboxylic acids is 1. The maximum Gasteiger partial charge on any atom is 0.256 e. The van der Waals surface area contributed by atoms with Crippen molar-refractivity contribution in [2.75, 3.05) is 31.0 Å². The Hall–Kier alpha value is -2.45. The lowest BCUT2D eigenvalue weighted by Crippen LogP contribution is -2.41. The first-order chi connectivity index (χ1) is 12.5. The van der Waals surface area contributed by atoms with Crippen molar-refractivity contribution in [1.82, 2.24) is 4.90 Å². The Morgan fingerprint density at radius 1 is 1.08 bits per heavy atom. The molecule has 0 spiro atoms. The summed E-state index contributed by atoms with van der Waals surface area (Å²) < 4.78 is 46.3. The average molecular weight is 378 g/mol. The molecule has 0 radical (unpaired) electrons. The van der Waals surface area contributed by atoms with E-state index in [9.17, 15) is 17.6 Å². The van der Waals surface area contributed by atoms with Crippen molar-refractivity contribution in [3.05, 3.63) is 65.5 Å². The van der Waals surface area contributed by atoms with Crippen LogP contribution in [0.5, 0.6) is 0 Å². The number of halogens is 1. The van der Waals surface area contributed by atoms with E-state index in [1.165, 1.54) is 24.3 Å². The molecule has 2 aromatic carbocycles. The summed E-state index contributed by atoms with van der Waals surface area (Å²) in [5, 5.41) is 0. The van der Waals surface area contributed by atoms with Crippen LogP contribution < -0.4 is 4.72 Å². The van der Waals surface area contributed by atoms with Crippen LogP contribution in [0.2, 0.25) is 0 Å². The number of morpholine rings is 1. The van der Waals surface area contributed by atoms with Crippen LogP contribution in [0.3, 0.4) is 0 Å². The standard InChI is InChI=1S/C18H19FN2O4S/c19-16-7-3-1-5-14(16)13-26(23,24)20-17-8-4-2-6-15(17)18(22)21-9-11-25-12-10-21/h1-8,20H,9-13H2. The summed E-state index contributed by atoms with van der Waals surface area (Å²) in [6, 6.07) is 12.1. The largest absolute Gasteiger partial charge is 0.378 e. The lowest BCUT2D eigenvalue weighted by atomic mass is 10.1. The maximum absolute atomic E-state index is 13.7. The molecule has 0 aromatic heterocycles. The summed E-state index contributed by atoms with van der Waals surface area (Å²) >= 11 is 0. The van der Waals surface area contributed by atoms with E-state index in [2.05, 4.69) is 4.72 Å². The fraction of sp³-hybridized carbons (Fsp3) is 0.278. The Balaban J connectivity index is 1.81. The summed E-state index contributed by atoms with van der Waals surface area (Å²) in [6.45, 7) is 1.81. The Labute approximate surface area is 151 Å². The number of nitrogens with one attached hydrogen (secondary N) is 1. The number of sulfonamides is 1. The topological polar surface area (TPSA) is 75.7 Å². The number of amides is 1. The third kappa shape index (κ3) is 4.39. The highest BCUT2D eigenvalue weighted by molar-refractivity contribution is 7.91. The number of rotatable bonds is 5. The minimum atomic E-state index is -3.88. The normalized spacial score (nSPS) is 14.9. The van der Waals surface area contributed by atoms with Gasteiger partial charge in [-0.05, 0) is 18.2 Å². The van der Waals surface area contributed by atoms with Crippen molar-refractivity contribution >= 4 is 21.6 Å². The molecule has 8 heteroatoms. The van der Waals surface area contributed by atoms with Gasteiger partial charge in [0.2, 0.25) is 10.0 Å². The van der Waals surface area contributed by atoms with Crippen LogP contribution >= 0.6 is 0 Å². The molecule has 1 aliphatic heterocycles. The van der Waals surface area contributed by atoms with Gasteiger partial charge in [0, 0.05) is 18.7 Å². The molecule has 3 rings (SSSR count). The fourth-order valence-corrected chi connectivity index (χ4v) is 3.95. The number of hydrogen-bond acceptors (Lipinski definition) is 4. The summed E-state index contributed by atoms with van der Waals surface area (Å²) in [5.74, 6) is -1.37. The Morgan fingerprint density at radius 2 is 1.73 bits per heavy atom. The monoisotopic (exact) mass is 378 g/mol. The molecule has 0 atom stereocenters.